The molecule has 38 heavy (non-hydrogen) atoms. The minimum absolute atomic E-state index is 0.200. The van der Waals surface area contributed by atoms with Crippen molar-refractivity contribution in [1.82, 2.24) is 10.6 Å². The molecule has 13 nitrogen and oxygen atoms in total. The Labute approximate surface area is 231 Å². The molecule has 0 spiro atoms. The maximum Gasteiger partial charge on any atom is 0.369 e. The normalized spacial score (nSPS) is 14.9. The summed E-state index contributed by atoms with van der Waals surface area (Å²) in [6, 6.07) is 4.54. The molecule has 0 heterocycles. The molecule has 1 rings (SSSR count). The monoisotopic (exact) mass is 620 g/mol. The molecule has 0 bridgehead atoms. The quantitative estimate of drug-likeness (QED) is 0.0945. The van der Waals surface area contributed by atoms with Crippen molar-refractivity contribution >= 4 is 55.9 Å². The number of hydrogen-bond acceptors (Lipinski definition) is 7. The van der Waals surface area contributed by atoms with Gasteiger partial charge in [-0.3, -0.25) is 18.7 Å². The minimum Gasteiger partial charge on any atom is -0.369 e. The van der Waals surface area contributed by atoms with Crippen molar-refractivity contribution in [3.63, 3.8) is 0 Å². The highest BCUT2D eigenvalue weighted by Gasteiger charge is 2.58. The lowest BCUT2D eigenvalue weighted by Gasteiger charge is -2.30. The summed E-state index contributed by atoms with van der Waals surface area (Å²) in [4.78, 5) is 63.8. The third-order valence-electron chi connectivity index (χ3n) is 5.79. The predicted octanol–water partition coefficient (Wildman–Crippen LogP) is 0.632. The largest absolute Gasteiger partial charge is 0.369 e. The van der Waals surface area contributed by atoms with Gasteiger partial charge in [-0.2, -0.15) is 0 Å². The average molecular weight is 621 g/mol. The van der Waals surface area contributed by atoms with E-state index < -0.39 is 56.6 Å². The van der Waals surface area contributed by atoms with Gasteiger partial charge >= 0.3 is 15.2 Å². The predicted molar refractivity (Wildman–Crippen MR) is 145 cm³/mol. The summed E-state index contributed by atoms with van der Waals surface area (Å²) in [6.07, 6.45) is -1.16. The van der Waals surface area contributed by atoms with Crippen molar-refractivity contribution < 1.29 is 43.4 Å². The van der Waals surface area contributed by atoms with Crippen LogP contribution in [0.2, 0.25) is 0 Å². The number of benzene rings is 1. The third kappa shape index (κ3) is 10.1. The van der Waals surface area contributed by atoms with Gasteiger partial charge in [0.25, 0.3) is 5.08 Å². The van der Waals surface area contributed by atoms with Gasteiger partial charge in [-0.1, -0.05) is 12.1 Å². The fourth-order valence-electron chi connectivity index (χ4n) is 3.46. The van der Waals surface area contributed by atoms with E-state index in [0.29, 0.717) is 24.8 Å². The zero-order valence-electron chi connectivity index (χ0n) is 21.0. The molecule has 1 aromatic rings. The number of nitrogens with zero attached hydrogens (tertiary/aromatic N) is 1. The van der Waals surface area contributed by atoms with Crippen LogP contribution in [0, 0.1) is 0 Å². The number of alkyl halides is 2. The molecule has 2 amide bonds. The van der Waals surface area contributed by atoms with Crippen molar-refractivity contribution in [1.29, 1.82) is 0 Å². The van der Waals surface area contributed by atoms with Crippen LogP contribution in [0.3, 0.4) is 0 Å². The lowest BCUT2D eigenvalue weighted by Crippen LogP contribution is -2.52. The van der Waals surface area contributed by atoms with Gasteiger partial charge in [-0.05, 0) is 44.4 Å². The number of hydrogen-bond donors (Lipinski definition) is 8. The molecule has 0 saturated heterocycles. The first-order valence-electron chi connectivity index (χ1n) is 11.6. The molecular weight excluding hydrogens is 585 g/mol. The highest BCUT2D eigenvalue weighted by atomic mass is 35.5. The van der Waals surface area contributed by atoms with Crippen LogP contribution in [0.4, 0.5) is 5.69 Å². The summed E-state index contributed by atoms with van der Waals surface area (Å²) >= 11 is 11.7. The number of halogens is 2. The van der Waals surface area contributed by atoms with Crippen LogP contribution in [-0.2, 0) is 25.1 Å². The van der Waals surface area contributed by atoms with Gasteiger partial charge < -0.3 is 45.9 Å². The number of rotatable bonds is 16. The second-order valence-electron chi connectivity index (χ2n) is 8.88. The Hall–Kier alpha value is -1.24. The number of aliphatic hydroxyl groups is 1. The van der Waals surface area contributed by atoms with E-state index in [4.69, 9.17) is 28.9 Å². The molecule has 17 heteroatoms. The van der Waals surface area contributed by atoms with Crippen LogP contribution in [0.15, 0.2) is 24.3 Å². The number of nitrogens with two attached hydrogens (primary N) is 1. The van der Waals surface area contributed by atoms with Crippen LogP contribution >= 0.6 is 38.4 Å². The van der Waals surface area contributed by atoms with E-state index >= 15 is 0 Å². The van der Waals surface area contributed by atoms with E-state index in [9.17, 15) is 43.4 Å². The van der Waals surface area contributed by atoms with Gasteiger partial charge in [-0.15, -0.1) is 23.2 Å². The Bertz CT molecular complexity index is 994. The molecule has 1 unspecified atom stereocenters. The topological polar surface area (TPSA) is 223 Å². The van der Waals surface area contributed by atoms with E-state index in [2.05, 4.69) is 10.6 Å². The van der Waals surface area contributed by atoms with E-state index in [0.717, 1.165) is 11.3 Å². The summed E-state index contributed by atoms with van der Waals surface area (Å²) in [7, 11) is -11.2. The maximum absolute atomic E-state index is 12.5. The fourth-order valence-corrected chi connectivity index (χ4v) is 6.07. The zero-order valence-corrected chi connectivity index (χ0v) is 24.3. The first-order valence-corrected chi connectivity index (χ1v) is 15.9. The average Bonchev–Trinajstić information content (AvgIpc) is 2.81. The molecule has 9 N–H and O–H groups in total. The summed E-state index contributed by atoms with van der Waals surface area (Å²) < 4.78 is 22.9. The molecule has 0 aliphatic heterocycles. The Morgan fingerprint density at radius 2 is 1.47 bits per heavy atom. The van der Waals surface area contributed by atoms with Crippen molar-refractivity contribution in [2.45, 2.75) is 56.3 Å². The van der Waals surface area contributed by atoms with Gasteiger partial charge in [0.05, 0.1) is 6.04 Å². The molecule has 3 atom stereocenters. The number of carbonyl (C=O) groups excluding carboxylic acids is 2. The number of nitrogens with one attached hydrogen (secondary N) is 2. The third-order valence-corrected chi connectivity index (χ3v) is 10.0. The van der Waals surface area contributed by atoms with E-state index in [1.807, 2.05) is 29.2 Å². The number of anilines is 1. The first-order chi connectivity index (χ1) is 17.5. The van der Waals surface area contributed by atoms with Gasteiger partial charge in [0.2, 0.25) is 11.8 Å². The van der Waals surface area contributed by atoms with Crippen molar-refractivity contribution in [2.24, 2.45) is 5.73 Å². The molecule has 0 saturated carbocycles. The van der Waals surface area contributed by atoms with Gasteiger partial charge in [0.15, 0.2) is 0 Å². The standard InChI is InChI=1S/C21H36Cl2N4O9P2/c1-14(7-8-21(30,37(31,32)33)38(34,35)36)25-19(28)15(2)26-20(29)18(24)13-16-3-5-17(6-4-16)27(11-9-22)12-10-23/h3-6,14-15,18,30H,7-13,24H2,1-2H3,(H,25,28)(H,26,29)(H2,31,32,33)(H2,34,35,36)/t14?,15-,18+/m1/s1. The summed E-state index contributed by atoms with van der Waals surface area (Å²) in [5.41, 5.74) is 7.72. The van der Waals surface area contributed by atoms with Gasteiger partial charge in [0.1, 0.15) is 6.04 Å². The Morgan fingerprint density at radius 3 is 1.92 bits per heavy atom. The van der Waals surface area contributed by atoms with E-state index in [-0.39, 0.29) is 12.8 Å². The molecule has 0 aromatic heterocycles. The Morgan fingerprint density at radius 1 is 0.974 bits per heavy atom. The Balaban J connectivity index is 2.65. The second kappa shape index (κ2) is 14.9. The summed E-state index contributed by atoms with van der Waals surface area (Å²) in [6.45, 7) is 4.05. The minimum atomic E-state index is -5.60. The highest BCUT2D eigenvalue weighted by Crippen LogP contribution is 2.69. The molecule has 0 radical (unpaired) electrons. The van der Waals surface area contributed by atoms with E-state index in [1.165, 1.54) is 13.8 Å². The molecule has 1 aromatic carbocycles. The number of amides is 2. The highest BCUT2D eigenvalue weighted by molar-refractivity contribution is 7.72. The Kier molecular flexibility index (Phi) is 13.7. The maximum atomic E-state index is 12.5. The van der Waals surface area contributed by atoms with Gasteiger partial charge in [0, 0.05) is 43.0 Å². The summed E-state index contributed by atoms with van der Waals surface area (Å²) in [5.74, 6) is -0.376. The molecule has 218 valence electrons. The second-order valence-corrected chi connectivity index (χ2v) is 13.6. The number of carbonyl (C=O) groups is 2. The van der Waals surface area contributed by atoms with Crippen LogP contribution in [-0.4, -0.2) is 84.6 Å². The lowest BCUT2D eigenvalue weighted by atomic mass is 10.0. The zero-order chi connectivity index (χ0) is 29.3. The van der Waals surface area contributed by atoms with Crippen LogP contribution in [0.5, 0.6) is 0 Å². The molecular formula is C21H36Cl2N4O9P2. The van der Waals surface area contributed by atoms with E-state index in [1.54, 1.807) is 0 Å². The van der Waals surface area contributed by atoms with Crippen molar-refractivity contribution in [3.05, 3.63) is 29.8 Å². The van der Waals surface area contributed by atoms with Crippen LogP contribution in [0.25, 0.3) is 0 Å². The SMILES string of the molecule is CC(CCC(O)(P(=O)(O)O)P(=O)(O)O)NC(=O)[C@@H](C)NC(=O)[C@@H](N)Cc1ccc(N(CCCl)CCCl)cc1. The fraction of sp³-hybridized carbons (Fsp3) is 0.619. The van der Waals surface area contributed by atoms with Crippen molar-refractivity contribution in [2.75, 3.05) is 29.7 Å². The molecule has 0 aliphatic rings. The van der Waals surface area contributed by atoms with Crippen LogP contribution < -0.4 is 21.3 Å². The first kappa shape index (κ1) is 34.8. The molecule has 0 aliphatic carbocycles. The van der Waals surface area contributed by atoms with Crippen LogP contribution in [0.1, 0.15) is 32.3 Å². The lowest BCUT2D eigenvalue weighted by molar-refractivity contribution is -0.129. The van der Waals surface area contributed by atoms with Gasteiger partial charge in [-0.25, -0.2) is 0 Å². The molecule has 0 fully saturated rings. The van der Waals surface area contributed by atoms with Crippen molar-refractivity contribution in [3.8, 4) is 0 Å². The summed E-state index contributed by atoms with van der Waals surface area (Å²) in [5, 5.41) is 11.3. The smallest absolute Gasteiger partial charge is 0.369 e.